The van der Waals surface area contributed by atoms with Gasteiger partial charge < -0.3 is 19.7 Å². The van der Waals surface area contributed by atoms with Gasteiger partial charge in [0.05, 0.1) is 25.3 Å². The smallest absolute Gasteiger partial charge is 0.225 e. The Morgan fingerprint density at radius 3 is 2.81 bits per heavy atom. The van der Waals surface area contributed by atoms with Gasteiger partial charge in [0.1, 0.15) is 17.0 Å². The predicted molar refractivity (Wildman–Crippen MR) is 139 cm³/mol. The highest BCUT2D eigenvalue weighted by Crippen LogP contribution is 2.29. The van der Waals surface area contributed by atoms with Crippen LogP contribution < -0.4 is 19.7 Å². The maximum Gasteiger partial charge on any atom is 0.225 e. The number of carbonyl (C=O) groups excluding carboxylic acids is 1. The summed E-state index contributed by atoms with van der Waals surface area (Å²) in [6.45, 7) is 4.58. The molecule has 0 aliphatic carbocycles. The van der Waals surface area contributed by atoms with Crippen LogP contribution in [0.15, 0.2) is 67.0 Å². The zero-order chi connectivity index (χ0) is 24.9. The summed E-state index contributed by atoms with van der Waals surface area (Å²) in [5, 5.41) is 7.86. The summed E-state index contributed by atoms with van der Waals surface area (Å²) in [6.07, 6.45) is 5.41. The molecule has 2 aromatic heterocycles. The minimum atomic E-state index is -0.0933. The Bertz CT molecular complexity index is 1330. The van der Waals surface area contributed by atoms with E-state index in [1.807, 2.05) is 72.2 Å². The fraction of sp³-hybridized carbons (Fsp3) is 0.321. The number of hydrogen-bond acceptors (Lipinski definition) is 6. The van der Waals surface area contributed by atoms with Gasteiger partial charge in [0.2, 0.25) is 5.91 Å². The fourth-order valence-corrected chi connectivity index (χ4v) is 4.66. The van der Waals surface area contributed by atoms with Crippen molar-refractivity contribution < 1.29 is 14.3 Å². The van der Waals surface area contributed by atoms with Crippen LogP contribution in [0.2, 0.25) is 0 Å². The van der Waals surface area contributed by atoms with Crippen LogP contribution in [0.3, 0.4) is 0 Å². The lowest BCUT2D eigenvalue weighted by molar-refractivity contribution is -0.125. The van der Waals surface area contributed by atoms with E-state index in [2.05, 4.69) is 15.2 Å². The predicted octanol–water partition coefficient (Wildman–Crippen LogP) is 4.34. The number of fused-ring (bicyclic) bond motifs is 1. The van der Waals surface area contributed by atoms with Crippen LogP contribution in [0.4, 0.5) is 5.82 Å². The Morgan fingerprint density at radius 2 is 2.00 bits per heavy atom. The number of nitrogens with zero attached hydrogens (tertiary/aromatic N) is 4. The molecule has 1 amide bonds. The lowest BCUT2D eigenvalue weighted by Crippen LogP contribution is -2.43. The summed E-state index contributed by atoms with van der Waals surface area (Å²) >= 11 is 0. The van der Waals surface area contributed by atoms with Gasteiger partial charge in [0.15, 0.2) is 5.82 Å². The van der Waals surface area contributed by atoms with Crippen molar-refractivity contribution in [3.05, 3.63) is 72.6 Å². The molecule has 4 aromatic rings. The number of nitrogens with one attached hydrogen (secondary N) is 1. The monoisotopic (exact) mass is 485 g/mol. The van der Waals surface area contributed by atoms with Crippen LogP contribution in [0.1, 0.15) is 25.3 Å². The van der Waals surface area contributed by atoms with Crippen LogP contribution >= 0.6 is 0 Å². The third kappa shape index (κ3) is 5.12. The Labute approximate surface area is 210 Å². The molecule has 1 aliphatic rings. The normalized spacial score (nSPS) is 15.6. The molecule has 36 heavy (non-hydrogen) atoms. The molecular formula is C28H31N5O3. The summed E-state index contributed by atoms with van der Waals surface area (Å²) in [5.41, 5.74) is 3.81. The number of amides is 1. The number of rotatable bonds is 8. The molecule has 0 radical (unpaired) electrons. The first kappa shape index (κ1) is 23.7. The van der Waals surface area contributed by atoms with Gasteiger partial charge in [-0.05, 0) is 55.7 Å². The second kappa shape index (κ2) is 10.7. The number of ether oxygens (including phenoxy) is 2. The van der Waals surface area contributed by atoms with Crippen LogP contribution in [-0.4, -0.2) is 47.3 Å². The molecule has 0 spiro atoms. The van der Waals surface area contributed by atoms with Crippen molar-refractivity contribution >= 4 is 17.2 Å². The molecule has 1 unspecified atom stereocenters. The largest absolute Gasteiger partial charge is 0.497 e. The van der Waals surface area contributed by atoms with Crippen LogP contribution in [0, 0.1) is 5.92 Å². The number of methoxy groups -OCH3 is 1. The zero-order valence-corrected chi connectivity index (χ0v) is 20.7. The first-order chi connectivity index (χ1) is 17.6. The van der Waals surface area contributed by atoms with Gasteiger partial charge in [-0.1, -0.05) is 24.3 Å². The Balaban J connectivity index is 1.29. The van der Waals surface area contributed by atoms with Crippen molar-refractivity contribution in [1.82, 2.24) is 19.9 Å². The van der Waals surface area contributed by atoms with E-state index < -0.39 is 0 Å². The highest BCUT2D eigenvalue weighted by Gasteiger charge is 2.27. The molecule has 1 aliphatic heterocycles. The van der Waals surface area contributed by atoms with Crippen molar-refractivity contribution in [3.63, 3.8) is 0 Å². The molecule has 2 aromatic carbocycles. The average Bonchev–Trinajstić information content (AvgIpc) is 3.37. The summed E-state index contributed by atoms with van der Waals surface area (Å²) in [5.74, 6) is 2.46. The number of hydrogen-bond donors (Lipinski definition) is 1. The highest BCUT2D eigenvalue weighted by molar-refractivity contribution is 5.81. The lowest BCUT2D eigenvalue weighted by Gasteiger charge is -2.33. The molecule has 1 N–H and O–H groups in total. The third-order valence-corrected chi connectivity index (χ3v) is 6.53. The highest BCUT2D eigenvalue weighted by atomic mass is 16.5. The third-order valence-electron chi connectivity index (χ3n) is 6.53. The number of anilines is 1. The molecule has 1 fully saturated rings. The Kier molecular flexibility index (Phi) is 7.02. The van der Waals surface area contributed by atoms with Crippen molar-refractivity contribution in [2.24, 2.45) is 5.92 Å². The molecule has 3 heterocycles. The lowest BCUT2D eigenvalue weighted by atomic mass is 9.97. The summed E-state index contributed by atoms with van der Waals surface area (Å²) in [7, 11) is 1.66. The van der Waals surface area contributed by atoms with Crippen molar-refractivity contribution in [1.29, 1.82) is 0 Å². The van der Waals surface area contributed by atoms with Crippen LogP contribution in [-0.2, 0) is 11.3 Å². The van der Waals surface area contributed by atoms with E-state index in [4.69, 9.17) is 14.6 Å². The molecule has 8 heteroatoms. The van der Waals surface area contributed by atoms with Crippen molar-refractivity contribution in [3.8, 4) is 22.8 Å². The maximum atomic E-state index is 13.0. The van der Waals surface area contributed by atoms with Crippen LogP contribution in [0.25, 0.3) is 16.8 Å². The zero-order valence-electron chi connectivity index (χ0n) is 20.7. The summed E-state index contributed by atoms with van der Waals surface area (Å²) in [6, 6.07) is 17.8. The number of carbonyl (C=O) groups is 1. The van der Waals surface area contributed by atoms with Gasteiger partial charge in [-0.25, -0.2) is 9.50 Å². The molecule has 8 nitrogen and oxygen atoms in total. The van der Waals surface area contributed by atoms with Gasteiger partial charge in [-0.2, -0.15) is 5.10 Å². The van der Waals surface area contributed by atoms with Crippen molar-refractivity contribution in [2.75, 3.05) is 31.7 Å². The van der Waals surface area contributed by atoms with Gasteiger partial charge in [-0.3, -0.25) is 4.79 Å². The quantitative estimate of drug-likeness (QED) is 0.400. The van der Waals surface area contributed by atoms with Gasteiger partial charge in [0.25, 0.3) is 0 Å². The van der Waals surface area contributed by atoms with E-state index in [1.165, 1.54) is 0 Å². The SMILES string of the molecule is CCOc1ccc(CNC(=O)C2CCCN(c3nccn4nc(-c5cccc(OC)c5)cc34)C2)cc1. The van der Waals surface area contributed by atoms with E-state index in [-0.39, 0.29) is 11.8 Å². The second-order valence-electron chi connectivity index (χ2n) is 8.92. The molecule has 0 bridgehead atoms. The van der Waals surface area contributed by atoms with E-state index in [9.17, 15) is 4.79 Å². The minimum absolute atomic E-state index is 0.0751. The van der Waals surface area contributed by atoms with Crippen molar-refractivity contribution in [2.45, 2.75) is 26.3 Å². The second-order valence-corrected chi connectivity index (χ2v) is 8.92. The van der Waals surface area contributed by atoms with E-state index in [0.29, 0.717) is 19.7 Å². The average molecular weight is 486 g/mol. The summed E-state index contributed by atoms with van der Waals surface area (Å²) < 4.78 is 12.7. The molecule has 0 saturated carbocycles. The topological polar surface area (TPSA) is 81.0 Å². The minimum Gasteiger partial charge on any atom is -0.497 e. The number of piperidine rings is 1. The van der Waals surface area contributed by atoms with Gasteiger partial charge in [-0.15, -0.1) is 0 Å². The van der Waals surface area contributed by atoms with Gasteiger partial charge >= 0.3 is 0 Å². The Hall–Kier alpha value is -4.07. The van der Waals surface area contributed by atoms with Crippen LogP contribution in [0.5, 0.6) is 11.5 Å². The molecule has 1 atom stereocenters. The first-order valence-electron chi connectivity index (χ1n) is 12.4. The summed E-state index contributed by atoms with van der Waals surface area (Å²) in [4.78, 5) is 19.9. The van der Waals surface area contributed by atoms with E-state index in [1.54, 1.807) is 13.3 Å². The Morgan fingerprint density at radius 1 is 1.14 bits per heavy atom. The van der Waals surface area contributed by atoms with E-state index >= 15 is 0 Å². The maximum absolute atomic E-state index is 13.0. The molecular weight excluding hydrogens is 454 g/mol. The standard InChI is InChI=1S/C28H31N5O3/c1-3-36-23-11-9-20(10-12-23)18-30-28(34)22-7-5-14-32(19-22)27-26-17-25(31-33(26)15-13-29-27)21-6-4-8-24(16-21)35-2/h4,6,8-13,15-17,22H,3,5,7,14,18-19H2,1-2H3,(H,30,34). The fourth-order valence-electron chi connectivity index (χ4n) is 4.66. The number of benzene rings is 2. The molecule has 5 rings (SSSR count). The van der Waals surface area contributed by atoms with Gasteiger partial charge in [0, 0.05) is 37.6 Å². The molecule has 186 valence electrons. The first-order valence-corrected chi connectivity index (χ1v) is 12.4. The van der Waals surface area contributed by atoms with E-state index in [0.717, 1.165) is 59.0 Å². The molecule has 1 saturated heterocycles. The number of aromatic nitrogens is 3.